The molecule has 1 saturated heterocycles. The molecular formula is C18H17FN6O4. The van der Waals surface area contributed by atoms with E-state index in [0.29, 0.717) is 18.6 Å². The maximum absolute atomic E-state index is 15.2. The fourth-order valence-corrected chi connectivity index (χ4v) is 4.04. The van der Waals surface area contributed by atoms with Crippen LogP contribution >= 0.6 is 0 Å². The highest BCUT2D eigenvalue weighted by Gasteiger charge is 2.33. The van der Waals surface area contributed by atoms with Crippen molar-refractivity contribution in [1.29, 1.82) is 0 Å². The first-order valence-electron chi connectivity index (χ1n) is 9.04. The van der Waals surface area contributed by atoms with E-state index in [1.165, 1.54) is 17.2 Å². The molecule has 0 saturated carbocycles. The van der Waals surface area contributed by atoms with Crippen LogP contribution in [0.5, 0.6) is 5.75 Å². The Balaban J connectivity index is 1.69. The summed E-state index contributed by atoms with van der Waals surface area (Å²) in [7, 11) is 1.69. The van der Waals surface area contributed by atoms with Crippen LogP contribution in [0.2, 0.25) is 0 Å². The van der Waals surface area contributed by atoms with E-state index < -0.39 is 22.8 Å². The maximum Gasteiger partial charge on any atom is 0.341 e. The molecule has 11 heteroatoms. The second kappa shape index (κ2) is 6.19. The Hall–Kier alpha value is -3.63. The number of carbonyl (C=O) groups is 1. The molecule has 4 heterocycles. The van der Waals surface area contributed by atoms with Crippen LogP contribution in [0, 0.1) is 5.82 Å². The summed E-state index contributed by atoms with van der Waals surface area (Å²) in [4.78, 5) is 29.9. The summed E-state index contributed by atoms with van der Waals surface area (Å²) in [6, 6.07) is 1.15. The van der Waals surface area contributed by atoms with E-state index in [1.54, 1.807) is 23.1 Å². The number of anilines is 1. The predicted octanol–water partition coefficient (Wildman–Crippen LogP) is 0.799. The zero-order valence-corrected chi connectivity index (χ0v) is 15.4. The van der Waals surface area contributed by atoms with E-state index in [2.05, 4.69) is 10.1 Å². The summed E-state index contributed by atoms with van der Waals surface area (Å²) in [5, 5.41) is 15.1. The molecular weight excluding hydrogens is 383 g/mol. The third-order valence-corrected chi connectivity index (χ3v) is 5.44. The molecule has 150 valence electrons. The molecule has 0 spiro atoms. The van der Waals surface area contributed by atoms with Gasteiger partial charge in [-0.15, -0.1) is 0 Å². The zero-order valence-electron chi connectivity index (χ0n) is 15.4. The Labute approximate surface area is 163 Å². The van der Waals surface area contributed by atoms with Crippen LogP contribution in [0.1, 0.15) is 22.8 Å². The Morgan fingerprint density at radius 2 is 2.24 bits per heavy atom. The van der Waals surface area contributed by atoms with Crippen molar-refractivity contribution in [1.82, 2.24) is 19.4 Å². The lowest BCUT2D eigenvalue weighted by atomic mass is 10.1. The quantitative estimate of drug-likeness (QED) is 0.688. The molecule has 10 nitrogen and oxygen atoms in total. The summed E-state index contributed by atoms with van der Waals surface area (Å²) in [5.41, 5.74) is -0.535. The first kappa shape index (κ1) is 17.5. The highest BCUT2D eigenvalue weighted by molar-refractivity contribution is 5.97. The van der Waals surface area contributed by atoms with Crippen molar-refractivity contribution in [3.63, 3.8) is 0 Å². The van der Waals surface area contributed by atoms with Gasteiger partial charge in [-0.1, -0.05) is 0 Å². The number of ether oxygens (including phenoxy) is 1. The van der Waals surface area contributed by atoms with Crippen LogP contribution in [0.25, 0.3) is 10.9 Å². The van der Waals surface area contributed by atoms with Crippen LogP contribution < -0.4 is 20.1 Å². The van der Waals surface area contributed by atoms with Crippen LogP contribution in [-0.4, -0.2) is 57.4 Å². The second-order valence-electron chi connectivity index (χ2n) is 7.15. The van der Waals surface area contributed by atoms with Gasteiger partial charge in [0.1, 0.15) is 29.4 Å². The first-order chi connectivity index (χ1) is 14.0. The first-order valence-corrected chi connectivity index (χ1v) is 9.04. The topological polar surface area (TPSA) is 106 Å². The lowest BCUT2D eigenvalue weighted by molar-refractivity contribution is 0.0694. The SMILES string of the molecule is CN1COc2c(N3CCC(n4cncn4)C3)c(F)cc3c(=O)c(C(=O)O)cn1c23. The Morgan fingerprint density at radius 3 is 2.97 bits per heavy atom. The average Bonchev–Trinajstić information content (AvgIpc) is 3.37. The summed E-state index contributed by atoms with van der Waals surface area (Å²) in [5.74, 6) is -1.74. The fraction of sp³-hybridized carbons (Fsp3) is 0.333. The molecule has 0 aliphatic carbocycles. The average molecular weight is 400 g/mol. The van der Waals surface area contributed by atoms with Gasteiger partial charge in [-0.3, -0.25) is 14.5 Å². The molecule has 1 unspecified atom stereocenters. The summed E-state index contributed by atoms with van der Waals surface area (Å²) in [6.45, 7) is 1.17. The number of nitrogens with zero attached hydrogens (tertiary/aromatic N) is 6. The van der Waals surface area contributed by atoms with Gasteiger partial charge >= 0.3 is 5.97 Å². The second-order valence-corrected chi connectivity index (χ2v) is 7.15. The summed E-state index contributed by atoms with van der Waals surface area (Å²) in [6.07, 6.45) is 5.10. The van der Waals surface area contributed by atoms with Crippen molar-refractivity contribution in [2.75, 3.05) is 36.8 Å². The van der Waals surface area contributed by atoms with Crippen LogP contribution in [0.15, 0.2) is 29.7 Å². The molecule has 2 aromatic heterocycles. The van der Waals surface area contributed by atoms with Crippen molar-refractivity contribution < 1.29 is 19.0 Å². The molecule has 0 amide bonds. The predicted molar refractivity (Wildman–Crippen MR) is 101 cm³/mol. The number of aromatic carboxylic acids is 1. The molecule has 1 N–H and O–H groups in total. The van der Waals surface area contributed by atoms with Gasteiger partial charge in [0.25, 0.3) is 0 Å². The van der Waals surface area contributed by atoms with Gasteiger partial charge in [-0.25, -0.2) is 18.9 Å². The molecule has 0 bridgehead atoms. The molecule has 3 aromatic rings. The van der Waals surface area contributed by atoms with Gasteiger partial charge < -0.3 is 14.7 Å². The van der Waals surface area contributed by atoms with Crippen molar-refractivity contribution in [2.24, 2.45) is 0 Å². The molecule has 1 atom stereocenters. The monoisotopic (exact) mass is 400 g/mol. The van der Waals surface area contributed by atoms with Crippen molar-refractivity contribution >= 4 is 22.6 Å². The molecule has 2 aliphatic rings. The molecule has 0 radical (unpaired) electrons. The van der Waals surface area contributed by atoms with Crippen molar-refractivity contribution in [3.8, 4) is 5.75 Å². The number of rotatable bonds is 3. The number of carboxylic acids is 1. The standard InChI is InChI=1S/C18H17FN6O4/c1-22-9-29-17-14-11(16(26)12(18(27)28)6-25(14)22)4-13(19)15(17)23-3-2-10(5-23)24-8-20-7-21-24/h4,6-8,10H,2-3,5,9H2,1H3,(H,27,28). The number of halogens is 1. The van der Waals surface area contributed by atoms with Gasteiger partial charge in [0, 0.05) is 26.3 Å². The van der Waals surface area contributed by atoms with E-state index in [-0.39, 0.29) is 29.6 Å². The highest BCUT2D eigenvalue weighted by Crippen LogP contribution is 2.42. The number of pyridine rings is 1. The van der Waals surface area contributed by atoms with Crippen LogP contribution in [-0.2, 0) is 0 Å². The third-order valence-electron chi connectivity index (χ3n) is 5.44. The number of benzene rings is 1. The lowest BCUT2D eigenvalue weighted by Gasteiger charge is -2.33. The Bertz CT molecular complexity index is 1190. The lowest BCUT2D eigenvalue weighted by Crippen LogP contribution is -2.40. The Kier molecular flexibility index (Phi) is 3.73. The van der Waals surface area contributed by atoms with Gasteiger partial charge in [0.2, 0.25) is 5.43 Å². The number of hydrogen-bond acceptors (Lipinski definition) is 7. The minimum atomic E-state index is -1.36. The minimum Gasteiger partial charge on any atom is -0.477 e. The van der Waals surface area contributed by atoms with Crippen molar-refractivity contribution in [3.05, 3.63) is 46.5 Å². The Morgan fingerprint density at radius 1 is 1.41 bits per heavy atom. The molecule has 1 aromatic carbocycles. The van der Waals surface area contributed by atoms with Crippen LogP contribution in [0.3, 0.4) is 0 Å². The smallest absolute Gasteiger partial charge is 0.341 e. The van der Waals surface area contributed by atoms with Gasteiger partial charge in [-0.2, -0.15) is 5.10 Å². The molecule has 1 fully saturated rings. The van der Waals surface area contributed by atoms with E-state index >= 15 is 4.39 Å². The van der Waals surface area contributed by atoms with E-state index in [1.807, 2.05) is 4.90 Å². The highest BCUT2D eigenvalue weighted by atomic mass is 19.1. The van der Waals surface area contributed by atoms with Crippen LogP contribution in [0.4, 0.5) is 10.1 Å². The number of aromatic nitrogens is 4. The normalized spacial score (nSPS) is 18.3. The number of hydrogen-bond donors (Lipinski definition) is 1. The summed E-state index contributed by atoms with van der Waals surface area (Å²) < 4.78 is 24.3. The third kappa shape index (κ3) is 2.53. The van der Waals surface area contributed by atoms with Crippen molar-refractivity contribution in [2.45, 2.75) is 12.5 Å². The molecule has 5 rings (SSSR count). The maximum atomic E-state index is 15.2. The molecule has 29 heavy (non-hydrogen) atoms. The van der Waals surface area contributed by atoms with Gasteiger partial charge in [0.05, 0.1) is 11.4 Å². The molecule has 2 aliphatic heterocycles. The van der Waals surface area contributed by atoms with E-state index in [9.17, 15) is 14.7 Å². The van der Waals surface area contributed by atoms with E-state index in [4.69, 9.17) is 4.74 Å². The van der Waals surface area contributed by atoms with Gasteiger partial charge in [-0.05, 0) is 12.5 Å². The zero-order chi connectivity index (χ0) is 20.3. The van der Waals surface area contributed by atoms with E-state index in [0.717, 1.165) is 12.5 Å². The largest absolute Gasteiger partial charge is 0.477 e. The minimum absolute atomic E-state index is 0.0280. The fourth-order valence-electron chi connectivity index (χ4n) is 4.04. The number of carboxylic acid groups (broad SMARTS) is 1. The summed E-state index contributed by atoms with van der Waals surface area (Å²) >= 11 is 0. The van der Waals surface area contributed by atoms with Gasteiger partial charge in [0.15, 0.2) is 18.3 Å².